The average molecular weight is 351 g/mol. The topological polar surface area (TPSA) is 42.7 Å². The lowest BCUT2D eigenvalue weighted by Crippen LogP contribution is -2.12. The molecule has 3 aromatic heterocycles. The van der Waals surface area contributed by atoms with Crippen molar-refractivity contribution in [2.24, 2.45) is 7.05 Å². The third kappa shape index (κ3) is 2.63. The molecule has 3 heterocycles. The Morgan fingerprint density at radius 1 is 1.40 bits per heavy atom. The SMILES string of the molecule is Cc1nn(C)c2ncc(CNCc3sccc3Br)cc12. The number of fused-ring (bicyclic) bond motifs is 1. The van der Waals surface area contributed by atoms with Gasteiger partial charge in [0.1, 0.15) is 0 Å². The van der Waals surface area contributed by atoms with Crippen LogP contribution in [0.25, 0.3) is 11.0 Å². The van der Waals surface area contributed by atoms with Crippen LogP contribution >= 0.6 is 27.3 Å². The molecule has 104 valence electrons. The molecule has 0 amide bonds. The fourth-order valence-corrected chi connectivity index (χ4v) is 3.68. The zero-order valence-electron chi connectivity index (χ0n) is 11.4. The molecule has 0 bridgehead atoms. The number of thiophene rings is 1. The molecule has 0 aliphatic carbocycles. The van der Waals surface area contributed by atoms with Gasteiger partial charge in [-0.2, -0.15) is 5.10 Å². The van der Waals surface area contributed by atoms with E-state index in [2.05, 4.69) is 48.8 Å². The number of halogens is 1. The van der Waals surface area contributed by atoms with Gasteiger partial charge in [-0.3, -0.25) is 4.68 Å². The first-order valence-electron chi connectivity index (χ1n) is 6.36. The van der Waals surface area contributed by atoms with Crippen LogP contribution in [-0.2, 0) is 20.1 Å². The Labute approximate surface area is 130 Å². The fraction of sp³-hybridized carbons (Fsp3) is 0.286. The minimum Gasteiger partial charge on any atom is -0.308 e. The van der Waals surface area contributed by atoms with Gasteiger partial charge in [0.15, 0.2) is 5.65 Å². The van der Waals surface area contributed by atoms with E-state index >= 15 is 0 Å². The summed E-state index contributed by atoms with van der Waals surface area (Å²) >= 11 is 5.30. The van der Waals surface area contributed by atoms with Crippen LogP contribution in [0.4, 0.5) is 0 Å². The first kappa shape index (κ1) is 13.7. The van der Waals surface area contributed by atoms with Gasteiger partial charge in [-0.15, -0.1) is 11.3 Å². The molecule has 0 atom stereocenters. The van der Waals surface area contributed by atoms with E-state index < -0.39 is 0 Å². The highest BCUT2D eigenvalue weighted by atomic mass is 79.9. The molecule has 0 aliphatic rings. The van der Waals surface area contributed by atoms with Crippen LogP contribution in [0.1, 0.15) is 16.1 Å². The standard InChI is InChI=1S/C14H15BrN4S/c1-9-11-5-10(7-17-14(11)19(2)18-9)6-16-8-13-12(15)3-4-20-13/h3-5,7,16H,6,8H2,1-2H3. The van der Waals surface area contributed by atoms with E-state index in [4.69, 9.17) is 0 Å². The molecule has 0 spiro atoms. The maximum absolute atomic E-state index is 4.49. The van der Waals surface area contributed by atoms with Gasteiger partial charge < -0.3 is 5.32 Å². The number of nitrogens with one attached hydrogen (secondary N) is 1. The quantitative estimate of drug-likeness (QED) is 0.784. The summed E-state index contributed by atoms with van der Waals surface area (Å²) in [7, 11) is 1.93. The average Bonchev–Trinajstić information content (AvgIpc) is 2.95. The van der Waals surface area contributed by atoms with Crippen LogP contribution in [0.5, 0.6) is 0 Å². The van der Waals surface area contributed by atoms with E-state index in [9.17, 15) is 0 Å². The molecule has 4 nitrogen and oxygen atoms in total. The number of rotatable bonds is 4. The van der Waals surface area contributed by atoms with Crippen molar-refractivity contribution >= 4 is 38.3 Å². The highest BCUT2D eigenvalue weighted by Gasteiger charge is 2.07. The predicted molar refractivity (Wildman–Crippen MR) is 85.8 cm³/mol. The number of hydrogen-bond acceptors (Lipinski definition) is 4. The summed E-state index contributed by atoms with van der Waals surface area (Å²) in [4.78, 5) is 5.80. The monoisotopic (exact) mass is 350 g/mol. The molecule has 0 aromatic carbocycles. The lowest BCUT2D eigenvalue weighted by molar-refractivity contribution is 0.698. The Kier molecular flexibility index (Phi) is 3.87. The van der Waals surface area contributed by atoms with Crippen LogP contribution in [0.15, 0.2) is 28.2 Å². The summed E-state index contributed by atoms with van der Waals surface area (Å²) in [5.74, 6) is 0. The highest BCUT2D eigenvalue weighted by molar-refractivity contribution is 9.10. The maximum Gasteiger partial charge on any atom is 0.157 e. The second kappa shape index (κ2) is 5.63. The Bertz CT molecular complexity index is 747. The fourth-order valence-electron chi connectivity index (χ4n) is 2.22. The number of hydrogen-bond donors (Lipinski definition) is 1. The first-order chi connectivity index (χ1) is 9.65. The summed E-state index contributed by atoms with van der Waals surface area (Å²) in [6.45, 7) is 3.69. The molecule has 0 unspecified atom stereocenters. The lowest BCUT2D eigenvalue weighted by atomic mass is 10.2. The Hall–Kier alpha value is -1.24. The van der Waals surface area contributed by atoms with Crippen molar-refractivity contribution in [2.75, 3.05) is 0 Å². The predicted octanol–water partition coefficient (Wildman–Crippen LogP) is 3.39. The number of aromatic nitrogens is 3. The molecule has 0 saturated heterocycles. The summed E-state index contributed by atoms with van der Waals surface area (Å²) < 4.78 is 3.00. The molecule has 20 heavy (non-hydrogen) atoms. The van der Waals surface area contributed by atoms with Crippen LogP contribution in [0, 0.1) is 6.92 Å². The Morgan fingerprint density at radius 2 is 2.25 bits per heavy atom. The third-order valence-electron chi connectivity index (χ3n) is 3.23. The van der Waals surface area contributed by atoms with E-state index in [1.165, 1.54) is 14.9 Å². The molecule has 3 rings (SSSR count). The van der Waals surface area contributed by atoms with Crippen LogP contribution < -0.4 is 5.32 Å². The van der Waals surface area contributed by atoms with E-state index in [1.807, 2.05) is 24.9 Å². The maximum atomic E-state index is 4.49. The number of aryl methyl sites for hydroxylation is 2. The van der Waals surface area contributed by atoms with Gasteiger partial charge in [-0.1, -0.05) is 0 Å². The molecular weight excluding hydrogens is 336 g/mol. The third-order valence-corrected chi connectivity index (χ3v) is 5.15. The van der Waals surface area contributed by atoms with Gasteiger partial charge in [0.2, 0.25) is 0 Å². The summed E-state index contributed by atoms with van der Waals surface area (Å²) in [6.07, 6.45) is 1.92. The Balaban J connectivity index is 1.72. The van der Waals surface area contributed by atoms with Gasteiger partial charge in [-0.05, 0) is 45.9 Å². The van der Waals surface area contributed by atoms with Gasteiger partial charge >= 0.3 is 0 Å². The lowest BCUT2D eigenvalue weighted by Gasteiger charge is -2.04. The smallest absolute Gasteiger partial charge is 0.157 e. The molecule has 3 aromatic rings. The molecule has 0 radical (unpaired) electrons. The van der Waals surface area contributed by atoms with E-state index in [-0.39, 0.29) is 0 Å². The molecular formula is C14H15BrN4S. The van der Waals surface area contributed by atoms with Crippen LogP contribution in [-0.4, -0.2) is 14.8 Å². The van der Waals surface area contributed by atoms with Gasteiger partial charge in [0.05, 0.1) is 5.69 Å². The van der Waals surface area contributed by atoms with Gasteiger partial charge in [0.25, 0.3) is 0 Å². The van der Waals surface area contributed by atoms with E-state index in [0.717, 1.165) is 29.8 Å². The zero-order chi connectivity index (χ0) is 14.1. The number of pyridine rings is 1. The number of nitrogens with zero attached hydrogens (tertiary/aromatic N) is 3. The van der Waals surface area contributed by atoms with Crippen molar-refractivity contribution in [3.8, 4) is 0 Å². The van der Waals surface area contributed by atoms with Gasteiger partial charge in [-0.25, -0.2) is 4.98 Å². The molecule has 1 N–H and O–H groups in total. The molecule has 0 saturated carbocycles. The largest absolute Gasteiger partial charge is 0.308 e. The van der Waals surface area contributed by atoms with E-state index in [0.29, 0.717) is 0 Å². The zero-order valence-corrected chi connectivity index (χ0v) is 13.8. The summed E-state index contributed by atoms with van der Waals surface area (Å²) in [5, 5.41) is 11.1. The molecule has 0 fully saturated rings. The van der Waals surface area contributed by atoms with Crippen molar-refractivity contribution in [1.82, 2.24) is 20.1 Å². The van der Waals surface area contributed by atoms with E-state index in [1.54, 1.807) is 11.3 Å². The molecule has 0 aliphatic heterocycles. The minimum absolute atomic E-state index is 0.807. The van der Waals surface area contributed by atoms with Crippen LogP contribution in [0.3, 0.4) is 0 Å². The van der Waals surface area contributed by atoms with Crippen molar-refractivity contribution < 1.29 is 0 Å². The van der Waals surface area contributed by atoms with Gasteiger partial charge in [0, 0.05) is 41.1 Å². The second-order valence-electron chi connectivity index (χ2n) is 4.72. The highest BCUT2D eigenvalue weighted by Crippen LogP contribution is 2.22. The Morgan fingerprint density at radius 3 is 3.00 bits per heavy atom. The first-order valence-corrected chi connectivity index (χ1v) is 8.03. The van der Waals surface area contributed by atoms with Crippen LogP contribution in [0.2, 0.25) is 0 Å². The minimum atomic E-state index is 0.807. The van der Waals surface area contributed by atoms with Crippen molar-refractivity contribution in [3.05, 3.63) is 44.3 Å². The summed E-state index contributed by atoms with van der Waals surface area (Å²) in [6, 6.07) is 4.25. The van der Waals surface area contributed by atoms with Crippen molar-refractivity contribution in [1.29, 1.82) is 0 Å². The second-order valence-corrected chi connectivity index (χ2v) is 6.57. The normalized spacial score (nSPS) is 11.3. The van der Waals surface area contributed by atoms with Crippen molar-refractivity contribution in [2.45, 2.75) is 20.0 Å². The molecule has 6 heteroatoms. The van der Waals surface area contributed by atoms with Crippen molar-refractivity contribution in [3.63, 3.8) is 0 Å². The summed E-state index contributed by atoms with van der Waals surface area (Å²) in [5.41, 5.74) is 3.14.